The quantitative estimate of drug-likeness (QED) is 0.658. The number of fused-ring (bicyclic) bond motifs is 1. The van der Waals surface area contributed by atoms with Gasteiger partial charge in [0.15, 0.2) is 5.82 Å². The number of pyridine rings is 1. The van der Waals surface area contributed by atoms with Crippen molar-refractivity contribution in [2.45, 2.75) is 6.92 Å². The molecule has 0 saturated heterocycles. The van der Waals surface area contributed by atoms with E-state index in [4.69, 9.17) is 0 Å². The molecule has 2 aromatic heterocycles. The molecule has 0 aliphatic heterocycles. The minimum absolute atomic E-state index is 0.326. The van der Waals surface area contributed by atoms with Crippen molar-refractivity contribution in [3.63, 3.8) is 0 Å². The molecule has 0 radical (unpaired) electrons. The third kappa shape index (κ3) is 1.48. The minimum Gasteiger partial charge on any atom is -0.314 e. The van der Waals surface area contributed by atoms with Gasteiger partial charge in [-0.05, 0) is 25.1 Å². The molecule has 3 rings (SSSR count). The van der Waals surface area contributed by atoms with Gasteiger partial charge < -0.3 is 4.57 Å². The van der Waals surface area contributed by atoms with E-state index in [0.29, 0.717) is 11.3 Å². The van der Waals surface area contributed by atoms with Crippen LogP contribution in [0.3, 0.4) is 0 Å². The number of rotatable bonds is 1. The van der Waals surface area contributed by atoms with Gasteiger partial charge in [-0.2, -0.15) is 0 Å². The Balaban J connectivity index is 2.37. The van der Waals surface area contributed by atoms with Crippen molar-refractivity contribution in [1.29, 1.82) is 0 Å². The Bertz CT molecular complexity index is 733. The number of hydrogen-bond acceptors (Lipinski definition) is 3. The van der Waals surface area contributed by atoms with Crippen LogP contribution in [-0.2, 0) is 7.05 Å². The molecule has 4 nitrogen and oxygen atoms in total. The molecule has 0 atom stereocenters. The summed E-state index contributed by atoms with van der Waals surface area (Å²) in [5.74, 6) is 1.20. The molecule has 5 heteroatoms. The molecular weight excluding hydrogens is 231 g/mol. The van der Waals surface area contributed by atoms with Gasteiger partial charge in [-0.25, -0.2) is 4.39 Å². The third-order valence-electron chi connectivity index (χ3n) is 3.05. The molecule has 18 heavy (non-hydrogen) atoms. The van der Waals surface area contributed by atoms with E-state index in [-0.39, 0.29) is 5.82 Å². The van der Waals surface area contributed by atoms with E-state index in [1.165, 1.54) is 6.07 Å². The van der Waals surface area contributed by atoms with Crippen LogP contribution in [-0.4, -0.2) is 19.7 Å². The maximum absolute atomic E-state index is 13.7. The number of aryl methyl sites for hydroxylation is 1. The highest BCUT2D eigenvalue weighted by Gasteiger charge is 2.13. The fraction of sp³-hybridized carbons (Fsp3) is 0.154. The summed E-state index contributed by atoms with van der Waals surface area (Å²) in [5.41, 5.74) is 1.19. The maximum Gasteiger partial charge on any atom is 0.164 e. The van der Waals surface area contributed by atoms with Gasteiger partial charge in [0, 0.05) is 24.2 Å². The van der Waals surface area contributed by atoms with Gasteiger partial charge in [0.2, 0.25) is 0 Å². The second-order valence-corrected chi connectivity index (χ2v) is 4.12. The molecular formula is C13H11FN4. The predicted molar refractivity (Wildman–Crippen MR) is 66.4 cm³/mol. The van der Waals surface area contributed by atoms with E-state index in [0.717, 1.165) is 16.8 Å². The Morgan fingerprint density at radius 2 is 2.00 bits per heavy atom. The van der Waals surface area contributed by atoms with Crippen molar-refractivity contribution in [2.75, 3.05) is 0 Å². The molecule has 0 bridgehead atoms. The van der Waals surface area contributed by atoms with Crippen LogP contribution in [0, 0.1) is 12.7 Å². The van der Waals surface area contributed by atoms with Crippen LogP contribution in [0.5, 0.6) is 0 Å². The van der Waals surface area contributed by atoms with Gasteiger partial charge >= 0.3 is 0 Å². The van der Waals surface area contributed by atoms with Gasteiger partial charge in [-0.15, -0.1) is 10.2 Å². The Labute approximate surface area is 103 Å². The van der Waals surface area contributed by atoms with Gasteiger partial charge in [0.25, 0.3) is 0 Å². The van der Waals surface area contributed by atoms with Crippen molar-refractivity contribution in [3.8, 4) is 11.4 Å². The van der Waals surface area contributed by atoms with E-state index < -0.39 is 0 Å². The monoisotopic (exact) mass is 242 g/mol. The molecule has 0 unspecified atom stereocenters. The Kier molecular flexibility index (Phi) is 2.33. The maximum atomic E-state index is 13.7. The molecule has 0 aliphatic carbocycles. The third-order valence-corrected chi connectivity index (χ3v) is 3.05. The molecule has 0 fully saturated rings. The summed E-state index contributed by atoms with van der Waals surface area (Å²) < 4.78 is 15.6. The van der Waals surface area contributed by atoms with Crippen molar-refractivity contribution >= 4 is 10.9 Å². The second kappa shape index (κ2) is 3.87. The van der Waals surface area contributed by atoms with Gasteiger partial charge in [-0.1, -0.05) is 6.07 Å². The van der Waals surface area contributed by atoms with E-state index in [1.54, 1.807) is 18.3 Å². The highest BCUT2D eigenvalue weighted by atomic mass is 19.1. The summed E-state index contributed by atoms with van der Waals surface area (Å²) >= 11 is 0. The van der Waals surface area contributed by atoms with E-state index >= 15 is 0 Å². The van der Waals surface area contributed by atoms with Crippen molar-refractivity contribution < 1.29 is 4.39 Å². The van der Waals surface area contributed by atoms with Gasteiger partial charge in [-0.3, -0.25) is 4.98 Å². The minimum atomic E-state index is -0.326. The molecule has 0 N–H and O–H groups in total. The largest absolute Gasteiger partial charge is 0.314 e. The summed E-state index contributed by atoms with van der Waals surface area (Å²) in [6, 6.07) is 6.75. The second-order valence-electron chi connectivity index (χ2n) is 4.12. The fourth-order valence-electron chi connectivity index (χ4n) is 1.97. The van der Waals surface area contributed by atoms with Crippen molar-refractivity contribution in [1.82, 2.24) is 19.7 Å². The Morgan fingerprint density at radius 1 is 1.17 bits per heavy atom. The molecule has 2 heterocycles. The number of nitrogens with zero attached hydrogens (tertiary/aromatic N) is 4. The average molecular weight is 242 g/mol. The Hall–Kier alpha value is -2.30. The van der Waals surface area contributed by atoms with Crippen molar-refractivity contribution in [3.05, 3.63) is 42.1 Å². The first-order valence-electron chi connectivity index (χ1n) is 5.58. The van der Waals surface area contributed by atoms with E-state index in [2.05, 4.69) is 15.2 Å². The van der Waals surface area contributed by atoms with Crippen LogP contribution >= 0.6 is 0 Å². The number of benzene rings is 1. The number of hydrogen-bond donors (Lipinski definition) is 0. The molecule has 90 valence electrons. The number of halogens is 1. The summed E-state index contributed by atoms with van der Waals surface area (Å²) in [6.07, 6.45) is 1.58. The first kappa shape index (κ1) is 10.8. The smallest absolute Gasteiger partial charge is 0.164 e. The SMILES string of the molecule is Cc1nnc(-c2ccc(F)c3ncccc23)n1C. The fourth-order valence-corrected chi connectivity index (χ4v) is 1.97. The lowest BCUT2D eigenvalue weighted by atomic mass is 10.1. The van der Waals surface area contributed by atoms with Crippen LogP contribution in [0.25, 0.3) is 22.3 Å². The molecule has 3 aromatic rings. The van der Waals surface area contributed by atoms with Crippen LogP contribution in [0.4, 0.5) is 4.39 Å². The molecule has 0 amide bonds. The van der Waals surface area contributed by atoms with Gasteiger partial charge in [0.1, 0.15) is 17.2 Å². The van der Waals surface area contributed by atoms with Crippen LogP contribution in [0.1, 0.15) is 5.82 Å². The summed E-state index contributed by atoms with van der Waals surface area (Å²) in [7, 11) is 1.89. The lowest BCUT2D eigenvalue weighted by Gasteiger charge is -2.06. The highest BCUT2D eigenvalue weighted by molar-refractivity contribution is 5.93. The topological polar surface area (TPSA) is 43.6 Å². The summed E-state index contributed by atoms with van der Waals surface area (Å²) in [6.45, 7) is 1.88. The molecule has 0 aliphatic rings. The first-order valence-corrected chi connectivity index (χ1v) is 5.58. The Morgan fingerprint density at radius 3 is 2.72 bits per heavy atom. The summed E-state index contributed by atoms with van der Waals surface area (Å²) in [4.78, 5) is 4.07. The molecule has 1 aromatic carbocycles. The standard InChI is InChI=1S/C13H11FN4/c1-8-16-17-13(18(8)2)10-5-6-11(14)12-9(10)4-3-7-15-12/h3-7H,1-2H3. The first-order chi connectivity index (χ1) is 8.68. The molecule has 0 saturated carbocycles. The zero-order valence-corrected chi connectivity index (χ0v) is 10.1. The lowest BCUT2D eigenvalue weighted by Crippen LogP contribution is -1.96. The lowest BCUT2D eigenvalue weighted by molar-refractivity contribution is 0.637. The zero-order chi connectivity index (χ0) is 12.7. The molecule has 0 spiro atoms. The normalized spacial score (nSPS) is 11.1. The highest BCUT2D eigenvalue weighted by Crippen LogP contribution is 2.27. The van der Waals surface area contributed by atoms with Crippen molar-refractivity contribution in [2.24, 2.45) is 7.05 Å². The van der Waals surface area contributed by atoms with Gasteiger partial charge in [0.05, 0.1) is 0 Å². The van der Waals surface area contributed by atoms with Crippen LogP contribution < -0.4 is 0 Å². The van der Waals surface area contributed by atoms with Crippen LogP contribution in [0.2, 0.25) is 0 Å². The number of aromatic nitrogens is 4. The van der Waals surface area contributed by atoms with E-state index in [9.17, 15) is 4.39 Å². The summed E-state index contributed by atoms with van der Waals surface area (Å²) in [5, 5.41) is 8.89. The predicted octanol–water partition coefficient (Wildman–Crippen LogP) is 2.48. The van der Waals surface area contributed by atoms with E-state index in [1.807, 2.05) is 24.6 Å². The van der Waals surface area contributed by atoms with Crippen LogP contribution in [0.15, 0.2) is 30.5 Å². The average Bonchev–Trinajstić information content (AvgIpc) is 2.71. The zero-order valence-electron chi connectivity index (χ0n) is 10.1.